The molecule has 0 saturated carbocycles. The minimum absolute atomic E-state index is 0.0805. The van der Waals surface area contributed by atoms with Crippen molar-refractivity contribution in [3.63, 3.8) is 0 Å². The Kier molecular flexibility index (Phi) is 6.09. The quantitative estimate of drug-likeness (QED) is 0.463. The van der Waals surface area contributed by atoms with Gasteiger partial charge in [0.05, 0.1) is 0 Å². The van der Waals surface area contributed by atoms with E-state index in [1.165, 1.54) is 6.07 Å². The van der Waals surface area contributed by atoms with Gasteiger partial charge in [-0.3, -0.25) is 9.69 Å². The second-order valence-electron chi connectivity index (χ2n) is 9.12. The first kappa shape index (κ1) is 21.9. The predicted molar refractivity (Wildman–Crippen MR) is 127 cm³/mol. The van der Waals surface area contributed by atoms with E-state index in [0.29, 0.717) is 16.3 Å². The molecule has 1 amide bonds. The van der Waals surface area contributed by atoms with Crippen molar-refractivity contribution >= 4 is 17.5 Å². The van der Waals surface area contributed by atoms with Gasteiger partial charge in [0.25, 0.3) is 5.91 Å². The summed E-state index contributed by atoms with van der Waals surface area (Å²) in [5, 5.41) is 0.638. The maximum absolute atomic E-state index is 14.3. The summed E-state index contributed by atoms with van der Waals surface area (Å²) >= 11 is 5.93. The molecule has 0 bridgehead atoms. The molecule has 0 atom stereocenters. The molecule has 4 nitrogen and oxygen atoms in total. The number of halogens is 2. The third-order valence-electron chi connectivity index (χ3n) is 6.72. The highest BCUT2D eigenvalue weighted by atomic mass is 35.5. The summed E-state index contributed by atoms with van der Waals surface area (Å²) in [6.07, 6.45) is 2.12. The number of hydrogen-bond donors (Lipinski definition) is 0. The number of benzene rings is 3. The monoisotopic (exact) mass is 464 g/mol. The molecule has 170 valence electrons. The fourth-order valence-electron chi connectivity index (χ4n) is 4.78. The first-order chi connectivity index (χ1) is 16.0. The number of amides is 1. The Bertz CT molecular complexity index is 1120. The van der Waals surface area contributed by atoms with Crippen LogP contribution in [0.5, 0.6) is 11.5 Å². The molecule has 33 heavy (non-hydrogen) atoms. The Morgan fingerprint density at radius 1 is 0.970 bits per heavy atom. The lowest BCUT2D eigenvalue weighted by Gasteiger charge is -2.54. The van der Waals surface area contributed by atoms with Crippen molar-refractivity contribution in [1.82, 2.24) is 9.80 Å². The molecule has 2 saturated heterocycles. The van der Waals surface area contributed by atoms with Crippen molar-refractivity contribution in [2.45, 2.75) is 19.4 Å². The molecular formula is C27H26ClFN2O2. The molecule has 1 spiro atoms. The second kappa shape index (κ2) is 9.16. The molecule has 0 radical (unpaired) electrons. The van der Waals surface area contributed by atoms with Gasteiger partial charge in [-0.15, -0.1) is 0 Å². The standard InChI is InChI=1S/C27H26ClFN2O2/c28-22-9-7-21(8-10-22)26(32)31-18-27(19-31)12-14-30(15-13-27)17-20-6-11-24(29)25(16-20)33-23-4-2-1-3-5-23/h1-11,16H,12-15,17-19H2. The highest BCUT2D eigenvalue weighted by Gasteiger charge is 2.46. The van der Waals surface area contributed by atoms with Gasteiger partial charge in [-0.2, -0.15) is 0 Å². The van der Waals surface area contributed by atoms with Crippen LogP contribution in [0.1, 0.15) is 28.8 Å². The summed E-state index contributed by atoms with van der Waals surface area (Å²) in [5.74, 6) is 0.593. The first-order valence-corrected chi connectivity index (χ1v) is 11.7. The molecule has 2 aliphatic rings. The van der Waals surface area contributed by atoms with Crippen molar-refractivity contribution in [3.8, 4) is 11.5 Å². The van der Waals surface area contributed by atoms with Crippen LogP contribution in [0, 0.1) is 11.2 Å². The number of rotatable bonds is 5. The lowest BCUT2D eigenvalue weighted by atomic mass is 9.71. The number of hydrogen-bond acceptors (Lipinski definition) is 3. The van der Waals surface area contributed by atoms with Crippen molar-refractivity contribution in [1.29, 1.82) is 0 Å². The molecule has 6 heteroatoms. The van der Waals surface area contributed by atoms with E-state index >= 15 is 0 Å². The van der Waals surface area contributed by atoms with Crippen LogP contribution in [0.25, 0.3) is 0 Å². The highest BCUT2D eigenvalue weighted by Crippen LogP contribution is 2.41. The number of para-hydroxylation sites is 1. The van der Waals surface area contributed by atoms with Crippen LogP contribution < -0.4 is 4.74 Å². The van der Waals surface area contributed by atoms with E-state index in [0.717, 1.165) is 51.1 Å². The first-order valence-electron chi connectivity index (χ1n) is 11.3. The van der Waals surface area contributed by atoms with E-state index in [9.17, 15) is 9.18 Å². The zero-order valence-electron chi connectivity index (χ0n) is 18.3. The molecule has 0 unspecified atom stereocenters. The van der Waals surface area contributed by atoms with E-state index in [2.05, 4.69) is 4.90 Å². The molecule has 3 aromatic carbocycles. The third-order valence-corrected chi connectivity index (χ3v) is 6.97. The van der Waals surface area contributed by atoms with Gasteiger partial charge < -0.3 is 9.64 Å². The molecule has 5 rings (SSSR count). The molecule has 3 aromatic rings. The molecular weight excluding hydrogens is 439 g/mol. The smallest absolute Gasteiger partial charge is 0.253 e. The fourth-order valence-corrected chi connectivity index (χ4v) is 4.91. The third kappa shape index (κ3) is 4.90. The number of likely N-dealkylation sites (tertiary alicyclic amines) is 2. The molecule has 2 fully saturated rings. The van der Waals surface area contributed by atoms with E-state index < -0.39 is 0 Å². The second-order valence-corrected chi connectivity index (χ2v) is 9.56. The highest BCUT2D eigenvalue weighted by molar-refractivity contribution is 6.30. The van der Waals surface area contributed by atoms with Gasteiger partial charge in [0.15, 0.2) is 11.6 Å². The molecule has 2 aliphatic heterocycles. The van der Waals surface area contributed by atoms with E-state index in [-0.39, 0.29) is 22.9 Å². The Morgan fingerprint density at radius 2 is 1.67 bits per heavy atom. The van der Waals surface area contributed by atoms with Gasteiger partial charge >= 0.3 is 0 Å². The Morgan fingerprint density at radius 3 is 2.36 bits per heavy atom. The molecule has 0 aromatic heterocycles. The summed E-state index contributed by atoms with van der Waals surface area (Å²) in [6, 6.07) is 21.5. The van der Waals surface area contributed by atoms with Crippen LogP contribution in [0.2, 0.25) is 5.02 Å². The van der Waals surface area contributed by atoms with E-state index in [1.807, 2.05) is 41.3 Å². The largest absolute Gasteiger partial charge is 0.454 e. The Balaban J connectivity index is 1.14. The summed E-state index contributed by atoms with van der Waals surface area (Å²) in [7, 11) is 0. The average molecular weight is 465 g/mol. The van der Waals surface area contributed by atoms with Crippen molar-refractivity contribution in [3.05, 3.63) is 94.8 Å². The van der Waals surface area contributed by atoms with Gasteiger partial charge in [-0.05, 0) is 80.0 Å². The van der Waals surface area contributed by atoms with Gasteiger partial charge in [0.2, 0.25) is 0 Å². The molecule has 0 aliphatic carbocycles. The number of carbonyl (C=O) groups excluding carboxylic acids is 1. The molecule has 0 N–H and O–H groups in total. The van der Waals surface area contributed by atoms with Crippen LogP contribution in [0.4, 0.5) is 4.39 Å². The SMILES string of the molecule is O=C(c1ccc(Cl)cc1)N1CC2(CCN(Cc3ccc(F)c(Oc4ccccc4)c3)CC2)C1. The minimum Gasteiger partial charge on any atom is -0.454 e. The Labute approximate surface area is 198 Å². The maximum atomic E-state index is 14.3. The summed E-state index contributed by atoms with van der Waals surface area (Å²) in [5.41, 5.74) is 1.95. The van der Waals surface area contributed by atoms with Gasteiger partial charge in [0, 0.05) is 35.6 Å². The summed E-state index contributed by atoms with van der Waals surface area (Å²) < 4.78 is 20.0. The lowest BCUT2D eigenvalue weighted by Crippen LogP contribution is -2.61. The topological polar surface area (TPSA) is 32.8 Å². The summed E-state index contributed by atoms with van der Waals surface area (Å²) in [4.78, 5) is 17.0. The number of carbonyl (C=O) groups is 1. The number of piperidine rings is 1. The Hall–Kier alpha value is -2.89. The normalized spacial score (nSPS) is 17.6. The zero-order chi connectivity index (χ0) is 22.8. The van der Waals surface area contributed by atoms with Crippen molar-refractivity contribution < 1.29 is 13.9 Å². The van der Waals surface area contributed by atoms with Gasteiger partial charge in [-0.1, -0.05) is 35.9 Å². The van der Waals surface area contributed by atoms with Gasteiger partial charge in [-0.25, -0.2) is 4.39 Å². The fraction of sp³-hybridized carbons (Fsp3) is 0.296. The number of nitrogens with zero attached hydrogens (tertiary/aromatic N) is 2. The zero-order valence-corrected chi connectivity index (χ0v) is 19.1. The van der Waals surface area contributed by atoms with E-state index in [1.54, 1.807) is 30.3 Å². The van der Waals surface area contributed by atoms with Crippen LogP contribution in [0.15, 0.2) is 72.8 Å². The minimum atomic E-state index is -0.361. The van der Waals surface area contributed by atoms with Crippen molar-refractivity contribution in [2.24, 2.45) is 5.41 Å². The summed E-state index contributed by atoms with van der Waals surface area (Å²) in [6.45, 7) is 4.32. The number of ether oxygens (including phenoxy) is 1. The van der Waals surface area contributed by atoms with Crippen LogP contribution in [0.3, 0.4) is 0 Å². The lowest BCUT2D eigenvalue weighted by molar-refractivity contribution is -0.0336. The van der Waals surface area contributed by atoms with E-state index in [4.69, 9.17) is 16.3 Å². The molecule has 2 heterocycles. The van der Waals surface area contributed by atoms with Crippen molar-refractivity contribution in [2.75, 3.05) is 26.2 Å². The van der Waals surface area contributed by atoms with Crippen LogP contribution in [-0.2, 0) is 6.54 Å². The predicted octanol–water partition coefficient (Wildman–Crippen LogP) is 6.01. The maximum Gasteiger partial charge on any atom is 0.253 e. The van der Waals surface area contributed by atoms with Gasteiger partial charge in [0.1, 0.15) is 5.75 Å². The van der Waals surface area contributed by atoms with Crippen LogP contribution >= 0.6 is 11.6 Å². The average Bonchev–Trinajstić information content (AvgIpc) is 2.81. The van der Waals surface area contributed by atoms with Crippen LogP contribution in [-0.4, -0.2) is 41.9 Å².